The molecular weight excluding hydrogens is 312 g/mol. The minimum Gasteiger partial charge on any atom is -0.496 e. The fraction of sp³-hybridized carbons (Fsp3) is 0.353. The summed E-state index contributed by atoms with van der Waals surface area (Å²) in [6.45, 7) is 1.16. The van der Waals surface area contributed by atoms with E-state index in [9.17, 15) is 4.79 Å². The zero-order valence-electron chi connectivity index (χ0n) is 13.4. The van der Waals surface area contributed by atoms with Gasteiger partial charge in [-0.25, -0.2) is 0 Å². The molecule has 23 heavy (non-hydrogen) atoms. The lowest BCUT2D eigenvalue weighted by atomic mass is 10.1. The van der Waals surface area contributed by atoms with Crippen LogP contribution in [0.4, 0.5) is 0 Å². The van der Waals surface area contributed by atoms with Crippen molar-refractivity contribution in [1.29, 1.82) is 0 Å². The summed E-state index contributed by atoms with van der Waals surface area (Å²) in [4.78, 5) is 15.5. The van der Waals surface area contributed by atoms with Gasteiger partial charge in [-0.1, -0.05) is 24.3 Å². The number of benzene rings is 1. The monoisotopic (exact) mass is 334 g/mol. The van der Waals surface area contributed by atoms with Crippen LogP contribution in [0.15, 0.2) is 41.8 Å². The molecule has 0 aliphatic heterocycles. The molecule has 1 aromatic carbocycles. The van der Waals surface area contributed by atoms with E-state index in [1.54, 1.807) is 23.3 Å². The fourth-order valence-electron chi connectivity index (χ4n) is 2.33. The molecule has 6 heteroatoms. The van der Waals surface area contributed by atoms with Crippen LogP contribution in [0.3, 0.4) is 0 Å². The number of amides is 1. The summed E-state index contributed by atoms with van der Waals surface area (Å²) in [7, 11) is 3.16. The Balaban J connectivity index is 2.20. The lowest BCUT2D eigenvalue weighted by Crippen LogP contribution is -2.45. The van der Waals surface area contributed by atoms with Crippen LogP contribution in [0.25, 0.3) is 0 Å². The van der Waals surface area contributed by atoms with E-state index in [2.05, 4.69) is 0 Å². The summed E-state index contributed by atoms with van der Waals surface area (Å²) < 4.78 is 10.4. The van der Waals surface area contributed by atoms with Gasteiger partial charge in [0.25, 0.3) is 0 Å². The van der Waals surface area contributed by atoms with Crippen molar-refractivity contribution >= 4 is 17.2 Å². The average Bonchev–Trinajstić information content (AvgIpc) is 3.07. The van der Waals surface area contributed by atoms with E-state index in [1.807, 2.05) is 41.8 Å². The third-order valence-electron chi connectivity index (χ3n) is 3.46. The first-order valence-electron chi connectivity index (χ1n) is 7.33. The van der Waals surface area contributed by atoms with Crippen molar-refractivity contribution in [1.82, 2.24) is 4.90 Å². The first-order valence-corrected chi connectivity index (χ1v) is 8.21. The summed E-state index contributed by atoms with van der Waals surface area (Å²) >= 11 is 1.62. The van der Waals surface area contributed by atoms with Gasteiger partial charge < -0.3 is 20.1 Å². The Labute approximate surface area is 140 Å². The Hall–Kier alpha value is -1.89. The molecule has 0 spiro atoms. The molecule has 1 amide bonds. The van der Waals surface area contributed by atoms with Crippen LogP contribution >= 0.6 is 11.3 Å². The van der Waals surface area contributed by atoms with Gasteiger partial charge in [0, 0.05) is 24.1 Å². The Bertz CT molecular complexity index is 616. The molecule has 5 nitrogen and oxygen atoms in total. The standard InChI is InChI=1S/C17H22N2O3S/c1-21-12-15(18)17(20)19(11-14-7-5-9-23-14)10-13-6-3-4-8-16(13)22-2/h3-9,15H,10-12,18H2,1-2H3. The number of thiophene rings is 1. The van der Waals surface area contributed by atoms with E-state index in [4.69, 9.17) is 15.2 Å². The minimum atomic E-state index is -0.672. The van der Waals surface area contributed by atoms with Crippen molar-refractivity contribution in [2.24, 2.45) is 5.73 Å². The molecule has 0 bridgehead atoms. The average molecular weight is 334 g/mol. The van der Waals surface area contributed by atoms with Gasteiger partial charge in [0.15, 0.2) is 0 Å². The number of nitrogens with two attached hydrogens (primary N) is 1. The predicted molar refractivity (Wildman–Crippen MR) is 91.4 cm³/mol. The van der Waals surface area contributed by atoms with Gasteiger partial charge in [0.2, 0.25) is 5.91 Å². The van der Waals surface area contributed by atoms with Crippen molar-refractivity contribution in [2.45, 2.75) is 19.1 Å². The second kappa shape index (κ2) is 8.67. The highest BCUT2D eigenvalue weighted by Crippen LogP contribution is 2.21. The van der Waals surface area contributed by atoms with Crippen LogP contribution in [-0.4, -0.2) is 37.7 Å². The fourth-order valence-corrected chi connectivity index (χ4v) is 3.05. The van der Waals surface area contributed by atoms with Gasteiger partial charge in [-0.2, -0.15) is 0 Å². The molecule has 1 aromatic heterocycles. The van der Waals surface area contributed by atoms with E-state index in [0.29, 0.717) is 13.1 Å². The van der Waals surface area contributed by atoms with Gasteiger partial charge in [-0.3, -0.25) is 4.79 Å². The van der Waals surface area contributed by atoms with Crippen molar-refractivity contribution < 1.29 is 14.3 Å². The van der Waals surface area contributed by atoms with Crippen molar-refractivity contribution in [3.05, 3.63) is 52.2 Å². The number of para-hydroxylation sites is 1. The highest BCUT2D eigenvalue weighted by atomic mass is 32.1. The number of carbonyl (C=O) groups is 1. The number of nitrogens with zero attached hydrogens (tertiary/aromatic N) is 1. The van der Waals surface area contributed by atoms with Gasteiger partial charge in [0.1, 0.15) is 11.8 Å². The number of ether oxygens (including phenoxy) is 2. The maximum Gasteiger partial charge on any atom is 0.242 e. The number of carbonyl (C=O) groups excluding carboxylic acids is 1. The zero-order valence-corrected chi connectivity index (χ0v) is 14.2. The van der Waals surface area contributed by atoms with E-state index in [-0.39, 0.29) is 12.5 Å². The molecule has 1 unspecified atom stereocenters. The van der Waals surface area contributed by atoms with Crippen LogP contribution in [0.2, 0.25) is 0 Å². The molecule has 2 rings (SSSR count). The Kier molecular flexibility index (Phi) is 6.58. The maximum absolute atomic E-state index is 12.6. The second-order valence-corrected chi connectivity index (χ2v) is 6.18. The SMILES string of the molecule is COCC(N)C(=O)N(Cc1cccs1)Cc1ccccc1OC. The molecule has 1 heterocycles. The number of hydrogen-bond acceptors (Lipinski definition) is 5. The van der Waals surface area contributed by atoms with Crippen LogP contribution < -0.4 is 10.5 Å². The van der Waals surface area contributed by atoms with Gasteiger partial charge in [-0.05, 0) is 17.5 Å². The molecule has 124 valence electrons. The van der Waals surface area contributed by atoms with Crippen LogP contribution in [-0.2, 0) is 22.6 Å². The van der Waals surface area contributed by atoms with Gasteiger partial charge in [0.05, 0.1) is 20.3 Å². The molecule has 0 fully saturated rings. The predicted octanol–water partition coefficient (Wildman–Crippen LogP) is 2.26. The molecule has 0 radical (unpaired) electrons. The van der Waals surface area contributed by atoms with E-state index in [0.717, 1.165) is 16.2 Å². The summed E-state index contributed by atoms with van der Waals surface area (Å²) in [5.41, 5.74) is 6.89. The van der Waals surface area contributed by atoms with Crippen LogP contribution in [0.1, 0.15) is 10.4 Å². The maximum atomic E-state index is 12.6. The highest BCUT2D eigenvalue weighted by Gasteiger charge is 2.22. The highest BCUT2D eigenvalue weighted by molar-refractivity contribution is 7.09. The molecule has 1 atom stereocenters. The Morgan fingerprint density at radius 3 is 2.65 bits per heavy atom. The Morgan fingerprint density at radius 1 is 1.22 bits per heavy atom. The summed E-state index contributed by atoms with van der Waals surface area (Å²) in [5, 5.41) is 2.00. The van der Waals surface area contributed by atoms with Crippen molar-refractivity contribution in [2.75, 3.05) is 20.8 Å². The number of rotatable bonds is 8. The third kappa shape index (κ3) is 4.79. The van der Waals surface area contributed by atoms with E-state index < -0.39 is 6.04 Å². The first kappa shape index (κ1) is 17.5. The Morgan fingerprint density at radius 2 is 2.00 bits per heavy atom. The van der Waals surface area contributed by atoms with E-state index in [1.165, 1.54) is 7.11 Å². The quantitative estimate of drug-likeness (QED) is 0.804. The third-order valence-corrected chi connectivity index (χ3v) is 4.32. The van der Waals surface area contributed by atoms with Crippen LogP contribution in [0.5, 0.6) is 5.75 Å². The van der Waals surface area contributed by atoms with Gasteiger partial charge in [-0.15, -0.1) is 11.3 Å². The topological polar surface area (TPSA) is 64.8 Å². The van der Waals surface area contributed by atoms with Crippen molar-refractivity contribution in [3.63, 3.8) is 0 Å². The lowest BCUT2D eigenvalue weighted by Gasteiger charge is -2.26. The molecular formula is C17H22N2O3S. The molecule has 2 aromatic rings. The normalized spacial score (nSPS) is 12.0. The number of methoxy groups -OCH3 is 2. The van der Waals surface area contributed by atoms with Crippen LogP contribution in [0, 0.1) is 0 Å². The summed E-state index contributed by atoms with van der Waals surface area (Å²) in [6, 6.07) is 11.0. The summed E-state index contributed by atoms with van der Waals surface area (Å²) in [6.07, 6.45) is 0. The lowest BCUT2D eigenvalue weighted by molar-refractivity contribution is -0.135. The van der Waals surface area contributed by atoms with Gasteiger partial charge >= 0.3 is 0 Å². The molecule has 0 aliphatic carbocycles. The molecule has 2 N–H and O–H groups in total. The summed E-state index contributed by atoms with van der Waals surface area (Å²) in [5.74, 6) is 0.628. The minimum absolute atomic E-state index is 0.133. The van der Waals surface area contributed by atoms with Crippen molar-refractivity contribution in [3.8, 4) is 5.75 Å². The zero-order chi connectivity index (χ0) is 16.7. The largest absolute Gasteiger partial charge is 0.496 e. The molecule has 0 saturated heterocycles. The molecule has 0 saturated carbocycles. The smallest absolute Gasteiger partial charge is 0.242 e. The first-order chi connectivity index (χ1) is 11.2. The molecule has 0 aliphatic rings. The second-order valence-electron chi connectivity index (χ2n) is 5.15. The number of hydrogen-bond donors (Lipinski definition) is 1. The van der Waals surface area contributed by atoms with E-state index >= 15 is 0 Å².